The van der Waals surface area contributed by atoms with Gasteiger partial charge >= 0.3 is 0 Å². The van der Waals surface area contributed by atoms with Gasteiger partial charge in [0.05, 0.1) is 11.7 Å². The van der Waals surface area contributed by atoms with Gasteiger partial charge in [0, 0.05) is 28.9 Å². The lowest BCUT2D eigenvalue weighted by Crippen LogP contribution is -2.31. The van der Waals surface area contributed by atoms with E-state index >= 15 is 0 Å². The van der Waals surface area contributed by atoms with Gasteiger partial charge in [-0.3, -0.25) is 4.98 Å². The summed E-state index contributed by atoms with van der Waals surface area (Å²) in [6.45, 7) is 0. The number of fused-ring (bicyclic) bond motifs is 4. The molecule has 1 aliphatic rings. The van der Waals surface area contributed by atoms with E-state index in [9.17, 15) is 0 Å². The summed E-state index contributed by atoms with van der Waals surface area (Å²) in [6, 6.07) is 64.9. The lowest BCUT2D eigenvalue weighted by Gasteiger charge is -2.25. The standard InChI is InChI=1S/C51H35N3/c1-2-11-34(12-3-1)39-15-10-16-41(29-39)50-31-49(37-25-21-36(22-26-37)48-33-52-32-42-14-5-7-18-44(42)48)53-51(54-50)38-27-23-35(24-28-38)47-30-40-13-4-6-17-43(40)45-19-8-9-20-46(45)47/h1-33,50H,(H,53,54). The fraction of sp³-hybridized carbons (Fsp3) is 0.0196. The van der Waals surface area contributed by atoms with E-state index in [1.165, 1.54) is 54.7 Å². The van der Waals surface area contributed by atoms with Gasteiger partial charge in [0.25, 0.3) is 0 Å². The zero-order valence-electron chi connectivity index (χ0n) is 29.5. The smallest absolute Gasteiger partial charge is 0.134 e. The third-order valence-electron chi connectivity index (χ3n) is 10.6. The number of hydrogen-bond donors (Lipinski definition) is 1. The number of hydrogen-bond acceptors (Lipinski definition) is 3. The number of nitrogens with zero attached hydrogens (tertiary/aromatic N) is 2. The topological polar surface area (TPSA) is 37.3 Å². The monoisotopic (exact) mass is 689 g/mol. The van der Waals surface area contributed by atoms with E-state index in [-0.39, 0.29) is 6.04 Å². The molecule has 10 rings (SSSR count). The van der Waals surface area contributed by atoms with Crippen molar-refractivity contribution in [1.29, 1.82) is 0 Å². The Labute approximate surface area is 314 Å². The Morgan fingerprint density at radius 3 is 1.80 bits per heavy atom. The van der Waals surface area contributed by atoms with Gasteiger partial charge in [-0.05, 0) is 84.1 Å². The first-order valence-corrected chi connectivity index (χ1v) is 18.4. The molecule has 0 bridgehead atoms. The maximum absolute atomic E-state index is 5.28. The summed E-state index contributed by atoms with van der Waals surface area (Å²) in [5.74, 6) is 0.847. The molecule has 3 heteroatoms. The first kappa shape index (κ1) is 31.6. The van der Waals surface area contributed by atoms with Crippen LogP contribution in [0.5, 0.6) is 0 Å². The van der Waals surface area contributed by atoms with Crippen LogP contribution in [0.4, 0.5) is 0 Å². The van der Waals surface area contributed by atoms with Gasteiger partial charge in [-0.15, -0.1) is 0 Å². The predicted molar refractivity (Wildman–Crippen MR) is 226 cm³/mol. The quantitative estimate of drug-likeness (QED) is 0.176. The summed E-state index contributed by atoms with van der Waals surface area (Å²) in [5.41, 5.74) is 11.3. The first-order valence-electron chi connectivity index (χ1n) is 18.4. The van der Waals surface area contributed by atoms with Crippen LogP contribution in [-0.2, 0) is 0 Å². The third kappa shape index (κ3) is 5.82. The van der Waals surface area contributed by atoms with Crippen molar-refractivity contribution in [3.63, 3.8) is 0 Å². The van der Waals surface area contributed by atoms with Crippen molar-refractivity contribution < 1.29 is 0 Å². The Kier molecular flexibility index (Phi) is 7.88. The molecule has 0 saturated carbocycles. The van der Waals surface area contributed by atoms with Crippen molar-refractivity contribution in [3.05, 3.63) is 217 Å². The fourth-order valence-electron chi connectivity index (χ4n) is 7.84. The van der Waals surface area contributed by atoms with Crippen LogP contribution in [0.1, 0.15) is 22.7 Å². The van der Waals surface area contributed by atoms with E-state index in [0.29, 0.717) is 0 Å². The average Bonchev–Trinajstić information content (AvgIpc) is 3.26. The molecule has 1 N–H and O–H groups in total. The number of pyridine rings is 1. The van der Waals surface area contributed by atoms with Gasteiger partial charge in [-0.2, -0.15) is 0 Å². The molecule has 8 aromatic carbocycles. The molecular weight excluding hydrogens is 655 g/mol. The summed E-state index contributed by atoms with van der Waals surface area (Å²) < 4.78 is 0. The molecule has 0 radical (unpaired) electrons. The number of aliphatic imine (C=N–C) groups is 1. The molecule has 3 nitrogen and oxygen atoms in total. The Morgan fingerprint density at radius 2 is 1.00 bits per heavy atom. The first-order chi connectivity index (χ1) is 26.7. The van der Waals surface area contributed by atoms with Crippen LogP contribution in [0, 0.1) is 0 Å². The zero-order chi connectivity index (χ0) is 35.8. The number of nitrogens with one attached hydrogen (secondary N) is 1. The van der Waals surface area contributed by atoms with E-state index in [1.54, 1.807) is 0 Å². The Hall–Kier alpha value is -7.10. The maximum Gasteiger partial charge on any atom is 0.134 e. The van der Waals surface area contributed by atoms with Gasteiger partial charge in [-0.25, -0.2) is 4.99 Å². The summed E-state index contributed by atoms with van der Waals surface area (Å²) >= 11 is 0. The molecule has 1 unspecified atom stereocenters. The molecule has 0 aliphatic carbocycles. The summed E-state index contributed by atoms with van der Waals surface area (Å²) in [4.78, 5) is 9.81. The minimum absolute atomic E-state index is 0.0813. The van der Waals surface area contributed by atoms with Gasteiger partial charge in [-0.1, -0.05) is 170 Å². The van der Waals surface area contributed by atoms with Crippen molar-refractivity contribution in [3.8, 4) is 33.4 Å². The fourth-order valence-corrected chi connectivity index (χ4v) is 7.84. The lowest BCUT2D eigenvalue weighted by molar-refractivity contribution is 0.781. The molecule has 1 aliphatic heterocycles. The molecule has 2 heterocycles. The predicted octanol–water partition coefficient (Wildman–Crippen LogP) is 12.7. The Morgan fingerprint density at radius 1 is 0.389 bits per heavy atom. The van der Waals surface area contributed by atoms with Crippen LogP contribution < -0.4 is 5.32 Å². The molecular formula is C51H35N3. The Bertz CT molecular complexity index is 2880. The zero-order valence-corrected chi connectivity index (χ0v) is 29.5. The van der Waals surface area contributed by atoms with Crippen molar-refractivity contribution in [2.24, 2.45) is 4.99 Å². The van der Waals surface area contributed by atoms with Crippen molar-refractivity contribution >= 4 is 43.9 Å². The van der Waals surface area contributed by atoms with Crippen molar-refractivity contribution in [2.75, 3.05) is 0 Å². The molecule has 1 aromatic heterocycles. The van der Waals surface area contributed by atoms with Gasteiger partial charge in [0.2, 0.25) is 0 Å². The highest BCUT2D eigenvalue weighted by Gasteiger charge is 2.21. The summed E-state index contributed by atoms with van der Waals surface area (Å²) in [6.07, 6.45) is 6.13. The normalized spacial score (nSPS) is 14.1. The van der Waals surface area contributed by atoms with Crippen molar-refractivity contribution in [2.45, 2.75) is 6.04 Å². The molecule has 1 atom stereocenters. The van der Waals surface area contributed by atoms with Gasteiger partial charge < -0.3 is 5.32 Å². The minimum atomic E-state index is -0.0813. The number of aromatic nitrogens is 1. The number of amidine groups is 1. The number of rotatable bonds is 6. The molecule has 0 spiro atoms. The molecule has 0 saturated heterocycles. The minimum Gasteiger partial charge on any atom is -0.359 e. The van der Waals surface area contributed by atoms with Crippen LogP contribution in [0.3, 0.4) is 0 Å². The highest BCUT2D eigenvalue weighted by Crippen LogP contribution is 2.36. The van der Waals surface area contributed by atoms with Crippen LogP contribution in [-0.4, -0.2) is 10.8 Å². The molecule has 54 heavy (non-hydrogen) atoms. The van der Waals surface area contributed by atoms with Crippen LogP contribution in [0.15, 0.2) is 205 Å². The third-order valence-corrected chi connectivity index (χ3v) is 10.6. The van der Waals surface area contributed by atoms with E-state index in [4.69, 9.17) is 4.99 Å². The highest BCUT2D eigenvalue weighted by molar-refractivity contribution is 6.14. The maximum atomic E-state index is 5.28. The summed E-state index contributed by atoms with van der Waals surface area (Å²) in [5, 5.41) is 11.2. The summed E-state index contributed by atoms with van der Waals surface area (Å²) in [7, 11) is 0. The number of benzene rings is 8. The second-order valence-electron chi connectivity index (χ2n) is 13.9. The second kappa shape index (κ2) is 13.5. The molecule has 9 aromatic rings. The van der Waals surface area contributed by atoms with Crippen LogP contribution >= 0.6 is 0 Å². The van der Waals surface area contributed by atoms with Gasteiger partial charge in [0.15, 0.2) is 0 Å². The average molecular weight is 690 g/mol. The van der Waals surface area contributed by atoms with E-state index < -0.39 is 0 Å². The van der Waals surface area contributed by atoms with Gasteiger partial charge in [0.1, 0.15) is 5.84 Å². The SMILES string of the molecule is C1=C(c2ccc(-c3cncc4ccccc34)cc2)N=C(c2ccc(-c3cc4ccccc4c4ccccc34)cc2)NC1c1cccc(-c2ccccc2)c1. The molecule has 0 fully saturated rings. The van der Waals surface area contributed by atoms with Crippen molar-refractivity contribution in [1.82, 2.24) is 10.3 Å². The van der Waals surface area contributed by atoms with E-state index in [1.807, 2.05) is 12.4 Å². The Balaban J connectivity index is 1.04. The van der Waals surface area contributed by atoms with Crippen LogP contribution in [0.25, 0.3) is 71.4 Å². The second-order valence-corrected chi connectivity index (χ2v) is 13.9. The molecule has 254 valence electrons. The lowest BCUT2D eigenvalue weighted by atomic mass is 9.92. The highest BCUT2D eigenvalue weighted by atomic mass is 15.0. The van der Waals surface area contributed by atoms with Crippen LogP contribution in [0.2, 0.25) is 0 Å². The van der Waals surface area contributed by atoms with E-state index in [0.717, 1.165) is 39.2 Å². The van der Waals surface area contributed by atoms with E-state index in [2.05, 4.69) is 198 Å². The largest absolute Gasteiger partial charge is 0.359 e. The molecule has 0 amide bonds.